The summed E-state index contributed by atoms with van der Waals surface area (Å²) >= 11 is 0. The maximum absolute atomic E-state index is 12.2. The SMILES string of the molecule is CC(C)CCCNC(=O)CCC(CC(=O)C(C)C)CC(O)C[N+](C)(C)C. The molecule has 0 aromatic rings. The second kappa shape index (κ2) is 12.4. The van der Waals surface area contributed by atoms with Gasteiger partial charge in [0.2, 0.25) is 5.91 Å². The quantitative estimate of drug-likeness (QED) is 0.364. The van der Waals surface area contributed by atoms with Crippen LogP contribution in [-0.4, -0.2) is 61.6 Å². The molecule has 0 saturated heterocycles. The first-order chi connectivity index (χ1) is 11.9. The summed E-state index contributed by atoms with van der Waals surface area (Å²) in [5.41, 5.74) is 0. The van der Waals surface area contributed by atoms with Crippen molar-refractivity contribution in [3.05, 3.63) is 0 Å². The zero-order valence-electron chi connectivity index (χ0n) is 18.2. The van der Waals surface area contributed by atoms with Gasteiger partial charge in [0.25, 0.3) is 0 Å². The summed E-state index contributed by atoms with van der Waals surface area (Å²) in [7, 11) is 6.13. The Bertz CT molecular complexity index is 414. The standard InChI is InChI=1S/C21H42N2O3/c1-16(2)9-8-12-22-21(26)11-10-18(14-20(25)17(3)4)13-19(24)15-23(5,6)7/h16-19,24H,8-15H2,1-7H3/p+1. The summed E-state index contributed by atoms with van der Waals surface area (Å²) in [5.74, 6) is 0.980. The third-order valence-corrected chi connectivity index (χ3v) is 4.56. The highest BCUT2D eigenvalue weighted by atomic mass is 16.3. The van der Waals surface area contributed by atoms with Crippen LogP contribution in [0.25, 0.3) is 0 Å². The van der Waals surface area contributed by atoms with E-state index in [1.807, 2.05) is 35.0 Å². The molecule has 2 N–H and O–H groups in total. The molecule has 0 aromatic carbocycles. The van der Waals surface area contributed by atoms with Gasteiger partial charge in [-0.2, -0.15) is 0 Å². The number of quaternary nitrogens is 1. The maximum atomic E-state index is 12.2. The molecule has 5 nitrogen and oxygen atoms in total. The van der Waals surface area contributed by atoms with Gasteiger partial charge in [0.05, 0.1) is 21.1 Å². The van der Waals surface area contributed by atoms with Crippen LogP contribution >= 0.6 is 0 Å². The van der Waals surface area contributed by atoms with Crippen molar-refractivity contribution in [2.24, 2.45) is 17.8 Å². The Hall–Kier alpha value is -0.940. The molecule has 0 aliphatic carbocycles. The zero-order chi connectivity index (χ0) is 20.3. The van der Waals surface area contributed by atoms with Crippen LogP contribution in [0, 0.1) is 17.8 Å². The fourth-order valence-electron chi connectivity index (χ4n) is 3.08. The van der Waals surface area contributed by atoms with Gasteiger partial charge < -0.3 is 14.9 Å². The summed E-state index contributed by atoms with van der Waals surface area (Å²) in [5, 5.41) is 13.3. The van der Waals surface area contributed by atoms with Crippen molar-refractivity contribution in [1.29, 1.82) is 0 Å². The monoisotopic (exact) mass is 371 g/mol. The van der Waals surface area contributed by atoms with Crippen molar-refractivity contribution in [1.82, 2.24) is 5.32 Å². The number of likely N-dealkylation sites (N-methyl/N-ethyl adjacent to an activating group) is 1. The number of hydrogen-bond donors (Lipinski definition) is 2. The van der Waals surface area contributed by atoms with Crippen molar-refractivity contribution in [2.45, 2.75) is 72.3 Å². The van der Waals surface area contributed by atoms with Crippen molar-refractivity contribution in [3.63, 3.8) is 0 Å². The second-order valence-corrected chi connectivity index (χ2v) is 9.48. The molecule has 0 radical (unpaired) electrons. The maximum Gasteiger partial charge on any atom is 0.220 e. The third kappa shape index (κ3) is 14.3. The van der Waals surface area contributed by atoms with Crippen LogP contribution in [0.15, 0.2) is 0 Å². The van der Waals surface area contributed by atoms with Crippen molar-refractivity contribution in [2.75, 3.05) is 34.2 Å². The van der Waals surface area contributed by atoms with Gasteiger partial charge in [0.15, 0.2) is 0 Å². The molecular weight excluding hydrogens is 328 g/mol. The number of nitrogens with one attached hydrogen (secondary N) is 1. The summed E-state index contributed by atoms with van der Waals surface area (Å²) in [6.07, 6.45) is 3.77. The van der Waals surface area contributed by atoms with Crippen LogP contribution in [0.5, 0.6) is 0 Å². The van der Waals surface area contributed by atoms with Gasteiger partial charge in [-0.3, -0.25) is 9.59 Å². The van der Waals surface area contributed by atoms with Crippen molar-refractivity contribution in [3.8, 4) is 0 Å². The lowest BCUT2D eigenvalue weighted by Gasteiger charge is -2.28. The number of ketones is 1. The van der Waals surface area contributed by atoms with Crippen molar-refractivity contribution < 1.29 is 19.2 Å². The van der Waals surface area contributed by atoms with E-state index in [1.165, 1.54) is 0 Å². The molecule has 1 amide bonds. The first kappa shape index (κ1) is 25.1. The Morgan fingerprint density at radius 2 is 1.65 bits per heavy atom. The van der Waals surface area contributed by atoms with Gasteiger partial charge >= 0.3 is 0 Å². The third-order valence-electron chi connectivity index (χ3n) is 4.56. The molecule has 2 unspecified atom stereocenters. The summed E-state index contributed by atoms with van der Waals surface area (Å²) in [6, 6.07) is 0. The van der Waals surface area contributed by atoms with E-state index in [2.05, 4.69) is 19.2 Å². The van der Waals surface area contributed by atoms with Crippen LogP contribution in [-0.2, 0) is 9.59 Å². The average Bonchev–Trinajstić information content (AvgIpc) is 2.46. The predicted octanol–water partition coefficient (Wildman–Crippen LogP) is 3.01. The number of hydrogen-bond acceptors (Lipinski definition) is 3. The summed E-state index contributed by atoms with van der Waals surface area (Å²) in [6.45, 7) is 9.54. The van der Waals surface area contributed by atoms with Crippen LogP contribution in [0.4, 0.5) is 0 Å². The molecule has 0 fully saturated rings. The molecular formula is C21H43N2O3+. The van der Waals surface area contributed by atoms with E-state index >= 15 is 0 Å². The molecule has 0 saturated carbocycles. The Labute approximate surface area is 161 Å². The van der Waals surface area contributed by atoms with E-state index in [0.29, 0.717) is 42.6 Å². The minimum atomic E-state index is -0.450. The smallest absolute Gasteiger partial charge is 0.220 e. The molecule has 0 aromatic heterocycles. The van der Waals surface area contributed by atoms with E-state index in [4.69, 9.17) is 0 Å². The van der Waals surface area contributed by atoms with Gasteiger partial charge in [0, 0.05) is 25.3 Å². The molecule has 26 heavy (non-hydrogen) atoms. The largest absolute Gasteiger partial charge is 0.387 e. The molecule has 0 aliphatic heterocycles. The van der Waals surface area contributed by atoms with Gasteiger partial charge in [-0.1, -0.05) is 27.7 Å². The Kier molecular flexibility index (Phi) is 12.0. The molecule has 0 heterocycles. The highest BCUT2D eigenvalue weighted by molar-refractivity contribution is 5.80. The number of amides is 1. The molecule has 0 spiro atoms. The highest BCUT2D eigenvalue weighted by Gasteiger charge is 2.23. The Balaban J connectivity index is 4.47. The topological polar surface area (TPSA) is 66.4 Å². The average molecular weight is 372 g/mol. The van der Waals surface area contributed by atoms with Gasteiger partial charge in [0.1, 0.15) is 18.4 Å². The fraction of sp³-hybridized carbons (Fsp3) is 0.905. The number of carbonyl (C=O) groups excluding carboxylic acids is 2. The zero-order valence-corrected chi connectivity index (χ0v) is 18.2. The number of aliphatic hydroxyl groups is 1. The van der Waals surface area contributed by atoms with E-state index in [9.17, 15) is 14.7 Å². The van der Waals surface area contributed by atoms with E-state index in [-0.39, 0.29) is 23.5 Å². The lowest BCUT2D eigenvalue weighted by atomic mass is 9.88. The summed E-state index contributed by atoms with van der Waals surface area (Å²) in [4.78, 5) is 24.2. The fourth-order valence-corrected chi connectivity index (χ4v) is 3.08. The van der Waals surface area contributed by atoms with Crippen molar-refractivity contribution >= 4 is 11.7 Å². The molecule has 0 bridgehead atoms. The number of rotatable bonds is 14. The molecule has 154 valence electrons. The van der Waals surface area contributed by atoms with Crippen LogP contribution in [0.1, 0.15) is 66.2 Å². The first-order valence-corrected chi connectivity index (χ1v) is 10.2. The number of nitrogens with zero attached hydrogens (tertiary/aromatic N) is 1. The normalized spacial score (nSPS) is 14.5. The number of aliphatic hydroxyl groups excluding tert-OH is 1. The van der Waals surface area contributed by atoms with Crippen LogP contribution < -0.4 is 5.32 Å². The second-order valence-electron chi connectivity index (χ2n) is 9.48. The van der Waals surface area contributed by atoms with E-state index < -0.39 is 6.10 Å². The van der Waals surface area contributed by atoms with Crippen LogP contribution in [0.2, 0.25) is 0 Å². The molecule has 0 aliphatic rings. The number of carbonyl (C=O) groups is 2. The Morgan fingerprint density at radius 1 is 1.04 bits per heavy atom. The Morgan fingerprint density at radius 3 is 2.15 bits per heavy atom. The first-order valence-electron chi connectivity index (χ1n) is 10.2. The van der Waals surface area contributed by atoms with E-state index in [1.54, 1.807) is 0 Å². The molecule has 2 atom stereocenters. The van der Waals surface area contributed by atoms with Crippen LogP contribution in [0.3, 0.4) is 0 Å². The predicted molar refractivity (Wildman–Crippen MR) is 108 cm³/mol. The lowest BCUT2D eigenvalue weighted by molar-refractivity contribution is -0.873. The lowest BCUT2D eigenvalue weighted by Crippen LogP contribution is -2.42. The molecule has 0 rings (SSSR count). The molecule has 5 heteroatoms. The van der Waals surface area contributed by atoms with E-state index in [0.717, 1.165) is 19.4 Å². The summed E-state index contributed by atoms with van der Waals surface area (Å²) < 4.78 is 0.683. The number of Topliss-reactive ketones (excluding diaryl/α,β-unsaturated/α-hetero) is 1. The van der Waals surface area contributed by atoms with Gasteiger partial charge in [-0.15, -0.1) is 0 Å². The minimum absolute atomic E-state index is 0.00194. The minimum Gasteiger partial charge on any atom is -0.387 e. The van der Waals surface area contributed by atoms with Gasteiger partial charge in [-0.25, -0.2) is 0 Å². The highest BCUT2D eigenvalue weighted by Crippen LogP contribution is 2.21. The van der Waals surface area contributed by atoms with Gasteiger partial charge in [-0.05, 0) is 37.5 Å².